The molecule has 0 nitrogen and oxygen atoms in total. The van der Waals surface area contributed by atoms with Gasteiger partial charge in [-0.15, -0.1) is 0 Å². The van der Waals surface area contributed by atoms with Gasteiger partial charge in [0.2, 0.25) is 0 Å². The Morgan fingerprint density at radius 3 is 2.03 bits per heavy atom. The molecule has 32 heavy (non-hydrogen) atoms. The van der Waals surface area contributed by atoms with E-state index in [9.17, 15) is 22.0 Å². The lowest BCUT2D eigenvalue weighted by atomic mass is 9.75. The second-order valence-electron chi connectivity index (χ2n) is 8.95. The fourth-order valence-electron chi connectivity index (χ4n) is 5.04. The number of hydrogen-bond donors (Lipinski definition) is 0. The lowest BCUT2D eigenvalue weighted by molar-refractivity contribution is 0.376. The molecule has 3 aromatic rings. The molecule has 3 aromatic carbocycles. The molecule has 0 bridgehead atoms. The van der Waals surface area contributed by atoms with Crippen LogP contribution in [0.15, 0.2) is 36.4 Å². The SMILES string of the molecule is CCCCCc1cc(F)c(C2CCC(c3ccc4c(F)c(F)c(F)cc4c3)CC2)c(F)c1. The van der Waals surface area contributed by atoms with Crippen molar-refractivity contribution in [1.82, 2.24) is 0 Å². The summed E-state index contributed by atoms with van der Waals surface area (Å²) in [6.07, 6.45) is 6.42. The minimum Gasteiger partial charge on any atom is -0.207 e. The van der Waals surface area contributed by atoms with E-state index in [-0.39, 0.29) is 22.8 Å². The van der Waals surface area contributed by atoms with Gasteiger partial charge in [0.15, 0.2) is 17.5 Å². The first-order valence-corrected chi connectivity index (χ1v) is 11.4. The third kappa shape index (κ3) is 4.53. The molecular weight excluding hydrogens is 419 g/mol. The van der Waals surface area contributed by atoms with Gasteiger partial charge in [0.25, 0.3) is 0 Å². The predicted molar refractivity (Wildman–Crippen MR) is 117 cm³/mol. The zero-order chi connectivity index (χ0) is 22.8. The molecule has 1 fully saturated rings. The molecule has 0 aromatic heterocycles. The highest BCUT2D eigenvalue weighted by Crippen LogP contribution is 2.43. The quantitative estimate of drug-likeness (QED) is 0.202. The van der Waals surface area contributed by atoms with Crippen molar-refractivity contribution in [3.63, 3.8) is 0 Å². The highest BCUT2D eigenvalue weighted by molar-refractivity contribution is 5.84. The van der Waals surface area contributed by atoms with Gasteiger partial charge in [-0.2, -0.15) is 0 Å². The smallest absolute Gasteiger partial charge is 0.195 e. The van der Waals surface area contributed by atoms with Crippen molar-refractivity contribution < 1.29 is 22.0 Å². The monoisotopic (exact) mass is 446 g/mol. The molecule has 0 aliphatic heterocycles. The maximum atomic E-state index is 14.8. The zero-order valence-corrected chi connectivity index (χ0v) is 18.2. The van der Waals surface area contributed by atoms with E-state index in [0.717, 1.165) is 43.7 Å². The van der Waals surface area contributed by atoms with Gasteiger partial charge in [-0.05, 0) is 85.1 Å². The molecule has 0 saturated heterocycles. The van der Waals surface area contributed by atoms with E-state index in [2.05, 4.69) is 6.92 Å². The standard InChI is InChI=1S/C27H27F5/c1-2-3-4-5-16-12-22(28)25(23(29)13-16)18-8-6-17(7-9-18)19-10-11-21-20(14-19)15-24(30)27(32)26(21)31/h10-15,17-18H,2-9H2,1H3. The summed E-state index contributed by atoms with van der Waals surface area (Å²) in [6, 6.07) is 8.87. The van der Waals surface area contributed by atoms with Crippen molar-refractivity contribution >= 4 is 10.8 Å². The van der Waals surface area contributed by atoms with Crippen LogP contribution >= 0.6 is 0 Å². The van der Waals surface area contributed by atoms with Gasteiger partial charge in [-0.1, -0.05) is 38.0 Å². The summed E-state index contributed by atoms with van der Waals surface area (Å²) in [5.74, 6) is -4.82. The van der Waals surface area contributed by atoms with E-state index in [4.69, 9.17) is 0 Å². The van der Waals surface area contributed by atoms with Crippen LogP contribution in [-0.2, 0) is 6.42 Å². The van der Waals surface area contributed by atoms with E-state index in [1.165, 1.54) is 18.2 Å². The van der Waals surface area contributed by atoms with E-state index in [1.807, 2.05) is 0 Å². The van der Waals surface area contributed by atoms with E-state index in [0.29, 0.717) is 30.2 Å². The Morgan fingerprint density at radius 2 is 1.38 bits per heavy atom. The maximum absolute atomic E-state index is 14.8. The van der Waals surface area contributed by atoms with Crippen molar-refractivity contribution in [2.24, 2.45) is 0 Å². The normalized spacial score (nSPS) is 18.9. The predicted octanol–water partition coefficient (Wildman–Crippen LogP) is 8.71. The maximum Gasteiger partial charge on any atom is 0.195 e. The van der Waals surface area contributed by atoms with Crippen LogP contribution in [0, 0.1) is 29.1 Å². The molecule has 0 amide bonds. The Labute approximate surface area is 185 Å². The summed E-state index contributed by atoms with van der Waals surface area (Å²) in [5, 5.41) is 0.362. The van der Waals surface area contributed by atoms with E-state index in [1.54, 1.807) is 12.1 Å². The molecular formula is C27H27F5. The number of halogens is 5. The fourth-order valence-corrected chi connectivity index (χ4v) is 5.04. The third-order valence-electron chi connectivity index (χ3n) is 6.81. The van der Waals surface area contributed by atoms with Crippen LogP contribution in [0.25, 0.3) is 10.8 Å². The number of fused-ring (bicyclic) bond motifs is 1. The van der Waals surface area contributed by atoms with Crippen LogP contribution in [0.4, 0.5) is 22.0 Å². The Morgan fingerprint density at radius 1 is 0.719 bits per heavy atom. The summed E-state index contributed by atoms with van der Waals surface area (Å²) in [6.45, 7) is 2.09. The number of aryl methyl sites for hydroxylation is 1. The van der Waals surface area contributed by atoms with Gasteiger partial charge in [0, 0.05) is 10.9 Å². The van der Waals surface area contributed by atoms with Gasteiger partial charge in [-0.3, -0.25) is 0 Å². The molecule has 1 aliphatic rings. The van der Waals surface area contributed by atoms with Gasteiger partial charge < -0.3 is 0 Å². The molecule has 0 heterocycles. The Balaban J connectivity index is 1.48. The van der Waals surface area contributed by atoms with Crippen LogP contribution in [-0.4, -0.2) is 0 Å². The molecule has 0 unspecified atom stereocenters. The Bertz CT molecular complexity index is 1090. The lowest BCUT2D eigenvalue weighted by Crippen LogP contribution is -2.15. The first-order chi connectivity index (χ1) is 15.4. The van der Waals surface area contributed by atoms with Crippen molar-refractivity contribution in [2.45, 2.75) is 70.1 Å². The highest BCUT2D eigenvalue weighted by atomic mass is 19.2. The molecule has 0 N–H and O–H groups in total. The zero-order valence-electron chi connectivity index (χ0n) is 18.2. The minimum absolute atomic E-state index is 0.0458. The van der Waals surface area contributed by atoms with Crippen molar-refractivity contribution in [3.8, 4) is 0 Å². The van der Waals surface area contributed by atoms with Crippen LogP contribution in [0.2, 0.25) is 0 Å². The molecule has 4 rings (SSSR count). The number of hydrogen-bond acceptors (Lipinski definition) is 0. The summed E-state index contributed by atoms with van der Waals surface area (Å²) >= 11 is 0. The molecule has 5 heteroatoms. The summed E-state index contributed by atoms with van der Waals surface area (Å²) in [5.41, 5.74) is 1.80. The third-order valence-corrected chi connectivity index (χ3v) is 6.81. The summed E-state index contributed by atoms with van der Waals surface area (Å²) in [4.78, 5) is 0. The van der Waals surface area contributed by atoms with Gasteiger partial charge in [-0.25, -0.2) is 22.0 Å². The molecule has 1 saturated carbocycles. The number of rotatable bonds is 6. The fraction of sp³-hybridized carbons (Fsp3) is 0.407. The number of unbranched alkanes of at least 4 members (excludes halogenated alkanes) is 2. The average Bonchev–Trinajstić information content (AvgIpc) is 2.77. The van der Waals surface area contributed by atoms with Crippen LogP contribution in [0.1, 0.15) is 80.4 Å². The minimum atomic E-state index is -1.47. The van der Waals surface area contributed by atoms with E-state index >= 15 is 0 Å². The van der Waals surface area contributed by atoms with Crippen molar-refractivity contribution in [1.29, 1.82) is 0 Å². The second-order valence-corrected chi connectivity index (χ2v) is 8.95. The van der Waals surface area contributed by atoms with Gasteiger partial charge >= 0.3 is 0 Å². The van der Waals surface area contributed by atoms with Gasteiger partial charge in [0.05, 0.1) is 0 Å². The highest BCUT2D eigenvalue weighted by Gasteiger charge is 2.28. The van der Waals surface area contributed by atoms with Crippen LogP contribution < -0.4 is 0 Å². The van der Waals surface area contributed by atoms with Crippen LogP contribution in [0.3, 0.4) is 0 Å². The summed E-state index contributed by atoms with van der Waals surface area (Å²) < 4.78 is 70.6. The summed E-state index contributed by atoms with van der Waals surface area (Å²) in [7, 11) is 0. The van der Waals surface area contributed by atoms with E-state index < -0.39 is 29.1 Å². The second kappa shape index (κ2) is 9.60. The first kappa shape index (κ1) is 22.8. The number of benzene rings is 3. The molecule has 1 aliphatic carbocycles. The van der Waals surface area contributed by atoms with Gasteiger partial charge in [0.1, 0.15) is 11.6 Å². The molecule has 170 valence electrons. The Hall–Kier alpha value is -2.43. The lowest BCUT2D eigenvalue weighted by Gasteiger charge is -2.30. The van der Waals surface area contributed by atoms with Crippen LogP contribution in [0.5, 0.6) is 0 Å². The van der Waals surface area contributed by atoms with Crippen molar-refractivity contribution in [2.75, 3.05) is 0 Å². The topological polar surface area (TPSA) is 0 Å². The average molecular weight is 447 g/mol. The molecule has 0 atom stereocenters. The molecule has 0 radical (unpaired) electrons. The first-order valence-electron chi connectivity index (χ1n) is 11.4. The molecule has 0 spiro atoms. The van der Waals surface area contributed by atoms with Crippen molar-refractivity contribution in [3.05, 3.63) is 82.2 Å². The largest absolute Gasteiger partial charge is 0.207 e. The Kier molecular flexibility index (Phi) is 6.82.